The summed E-state index contributed by atoms with van der Waals surface area (Å²) in [5.74, 6) is -2.62. The van der Waals surface area contributed by atoms with Gasteiger partial charge in [0.2, 0.25) is 0 Å². The number of amides is 2. The number of thiophene rings is 1. The Kier molecular flexibility index (Phi) is 7.06. The predicted molar refractivity (Wildman–Crippen MR) is 101 cm³/mol. The normalized spacial score (nSPS) is 12.9. The zero-order valence-electron chi connectivity index (χ0n) is 15.2. The number of ether oxygens (including phenoxy) is 1. The van der Waals surface area contributed by atoms with Crippen LogP contribution in [-0.2, 0) is 14.3 Å². The molecule has 1 aromatic carbocycles. The van der Waals surface area contributed by atoms with Crippen LogP contribution < -0.4 is 10.6 Å². The summed E-state index contributed by atoms with van der Waals surface area (Å²) in [4.78, 5) is 37.3. The molecule has 0 aliphatic heterocycles. The Morgan fingerprint density at radius 1 is 1.07 bits per heavy atom. The molecule has 0 radical (unpaired) electrons. The molecule has 0 aliphatic carbocycles. The van der Waals surface area contributed by atoms with Crippen molar-refractivity contribution in [3.63, 3.8) is 0 Å². The summed E-state index contributed by atoms with van der Waals surface area (Å²) in [6.45, 7) is 4.89. The Morgan fingerprint density at radius 3 is 2.37 bits per heavy atom. The molecule has 27 heavy (non-hydrogen) atoms. The number of esters is 1. The van der Waals surface area contributed by atoms with E-state index in [4.69, 9.17) is 4.74 Å². The molecule has 1 heterocycles. The van der Waals surface area contributed by atoms with Gasteiger partial charge in [-0.05, 0) is 36.4 Å². The van der Waals surface area contributed by atoms with Crippen molar-refractivity contribution in [1.29, 1.82) is 0 Å². The Labute approximate surface area is 160 Å². The molecule has 0 aliphatic rings. The minimum absolute atomic E-state index is 0.00296. The van der Waals surface area contributed by atoms with Gasteiger partial charge < -0.3 is 15.4 Å². The lowest BCUT2D eigenvalue weighted by molar-refractivity contribution is -0.156. The average molecular weight is 392 g/mol. The Bertz CT molecular complexity index is 808. The van der Waals surface area contributed by atoms with Crippen LogP contribution in [0.2, 0.25) is 0 Å². The summed E-state index contributed by atoms with van der Waals surface area (Å²) in [6.07, 6.45) is -1.16. The summed E-state index contributed by atoms with van der Waals surface area (Å²) in [7, 11) is 0. The Morgan fingerprint density at radius 2 is 1.78 bits per heavy atom. The number of carbonyl (C=O) groups excluding carboxylic acids is 3. The molecule has 144 valence electrons. The Hall–Kier alpha value is -2.74. The molecule has 2 rings (SSSR count). The second kappa shape index (κ2) is 9.27. The number of carbonyl (C=O) groups is 3. The van der Waals surface area contributed by atoms with Gasteiger partial charge in [-0.15, -0.1) is 11.3 Å². The lowest BCUT2D eigenvalue weighted by Crippen LogP contribution is -2.47. The van der Waals surface area contributed by atoms with Gasteiger partial charge in [0.25, 0.3) is 11.8 Å². The maximum Gasteiger partial charge on any atom is 0.329 e. The van der Waals surface area contributed by atoms with Crippen molar-refractivity contribution in [2.24, 2.45) is 5.92 Å². The van der Waals surface area contributed by atoms with Crippen molar-refractivity contribution in [2.75, 3.05) is 5.32 Å². The Balaban J connectivity index is 1.98. The van der Waals surface area contributed by atoms with Crippen molar-refractivity contribution in [2.45, 2.75) is 32.9 Å². The van der Waals surface area contributed by atoms with Crippen LogP contribution in [0.3, 0.4) is 0 Å². The van der Waals surface area contributed by atoms with Crippen molar-refractivity contribution < 1.29 is 23.5 Å². The first-order valence-electron chi connectivity index (χ1n) is 8.40. The number of para-hydroxylation sites is 1. The second-order valence-electron chi connectivity index (χ2n) is 6.22. The van der Waals surface area contributed by atoms with Crippen LogP contribution in [0.4, 0.5) is 10.1 Å². The second-order valence-corrected chi connectivity index (χ2v) is 7.17. The van der Waals surface area contributed by atoms with Crippen LogP contribution in [-0.4, -0.2) is 29.9 Å². The molecule has 0 fully saturated rings. The summed E-state index contributed by atoms with van der Waals surface area (Å²) in [5, 5.41) is 6.75. The zero-order valence-corrected chi connectivity index (χ0v) is 16.0. The number of hydrogen-bond acceptors (Lipinski definition) is 5. The van der Waals surface area contributed by atoms with Crippen molar-refractivity contribution in [3.8, 4) is 0 Å². The highest BCUT2D eigenvalue weighted by Gasteiger charge is 2.29. The standard InChI is InChI=1S/C19H21FN2O4S/c1-11(2)16(22-18(24)15-9-6-10-27-15)19(25)26-12(3)17(23)21-14-8-5-4-7-13(14)20/h4-12,16H,1-3H3,(H,21,23)(H,22,24)/t12-,16-/m1/s1. The first-order valence-corrected chi connectivity index (χ1v) is 9.27. The number of anilines is 1. The molecule has 2 atom stereocenters. The largest absolute Gasteiger partial charge is 0.451 e. The van der Waals surface area contributed by atoms with Crippen LogP contribution >= 0.6 is 11.3 Å². The van der Waals surface area contributed by atoms with Gasteiger partial charge in [0, 0.05) is 0 Å². The lowest BCUT2D eigenvalue weighted by Gasteiger charge is -2.22. The van der Waals surface area contributed by atoms with Gasteiger partial charge in [0.05, 0.1) is 10.6 Å². The minimum Gasteiger partial charge on any atom is -0.451 e. The number of hydrogen-bond donors (Lipinski definition) is 2. The lowest BCUT2D eigenvalue weighted by atomic mass is 10.0. The SMILES string of the molecule is CC(C)[C@@H](NC(=O)c1cccs1)C(=O)O[C@H](C)C(=O)Nc1ccccc1F. The first-order chi connectivity index (χ1) is 12.8. The third kappa shape index (κ3) is 5.62. The van der Waals surface area contributed by atoms with Crippen molar-refractivity contribution >= 4 is 34.8 Å². The molecule has 0 unspecified atom stereocenters. The van der Waals surface area contributed by atoms with Gasteiger partial charge in [-0.3, -0.25) is 9.59 Å². The molecule has 2 amide bonds. The van der Waals surface area contributed by atoms with Crippen LogP contribution in [0.15, 0.2) is 41.8 Å². The molecule has 0 saturated heterocycles. The van der Waals surface area contributed by atoms with E-state index in [0.29, 0.717) is 4.88 Å². The van der Waals surface area contributed by atoms with E-state index in [1.807, 2.05) is 0 Å². The van der Waals surface area contributed by atoms with Gasteiger partial charge in [0.15, 0.2) is 6.10 Å². The van der Waals surface area contributed by atoms with E-state index in [2.05, 4.69) is 10.6 Å². The molecular weight excluding hydrogens is 371 g/mol. The maximum atomic E-state index is 13.6. The van der Waals surface area contributed by atoms with E-state index >= 15 is 0 Å². The zero-order chi connectivity index (χ0) is 20.0. The van der Waals surface area contributed by atoms with E-state index < -0.39 is 29.8 Å². The molecular formula is C19H21FN2O4S. The number of nitrogens with one attached hydrogen (secondary N) is 2. The van der Waals surface area contributed by atoms with Gasteiger partial charge in [-0.25, -0.2) is 9.18 Å². The summed E-state index contributed by atoms with van der Waals surface area (Å²) >= 11 is 1.25. The third-order valence-corrected chi connectivity index (χ3v) is 4.61. The topological polar surface area (TPSA) is 84.5 Å². The van der Waals surface area contributed by atoms with E-state index in [1.165, 1.54) is 36.5 Å². The molecule has 0 saturated carbocycles. The molecule has 0 spiro atoms. The maximum absolute atomic E-state index is 13.6. The van der Waals surface area contributed by atoms with Crippen LogP contribution in [0.5, 0.6) is 0 Å². The van der Waals surface area contributed by atoms with E-state index in [9.17, 15) is 18.8 Å². The van der Waals surface area contributed by atoms with E-state index in [0.717, 1.165) is 0 Å². The summed E-state index contributed by atoms with van der Waals surface area (Å²) in [6, 6.07) is 8.15. The number of rotatable bonds is 7. The fourth-order valence-electron chi connectivity index (χ4n) is 2.22. The molecule has 1 aromatic heterocycles. The molecule has 0 bridgehead atoms. The minimum atomic E-state index is -1.16. The van der Waals surface area contributed by atoms with Gasteiger partial charge in [-0.1, -0.05) is 32.0 Å². The number of benzene rings is 1. The highest BCUT2D eigenvalue weighted by Crippen LogP contribution is 2.14. The van der Waals surface area contributed by atoms with Gasteiger partial charge in [0.1, 0.15) is 11.9 Å². The highest BCUT2D eigenvalue weighted by molar-refractivity contribution is 7.12. The van der Waals surface area contributed by atoms with Gasteiger partial charge in [-0.2, -0.15) is 0 Å². The van der Waals surface area contributed by atoms with E-state index in [1.54, 1.807) is 37.4 Å². The fourth-order valence-corrected chi connectivity index (χ4v) is 2.84. The van der Waals surface area contributed by atoms with Crippen LogP contribution in [0.1, 0.15) is 30.4 Å². The highest BCUT2D eigenvalue weighted by atomic mass is 32.1. The predicted octanol–water partition coefficient (Wildman–Crippen LogP) is 3.21. The number of halogens is 1. The first kappa shape index (κ1) is 20.6. The quantitative estimate of drug-likeness (QED) is 0.709. The molecule has 6 nitrogen and oxygen atoms in total. The third-order valence-electron chi connectivity index (χ3n) is 3.75. The van der Waals surface area contributed by atoms with Crippen LogP contribution in [0.25, 0.3) is 0 Å². The van der Waals surface area contributed by atoms with Crippen molar-refractivity contribution in [3.05, 3.63) is 52.5 Å². The van der Waals surface area contributed by atoms with Crippen LogP contribution in [0, 0.1) is 11.7 Å². The summed E-state index contributed by atoms with van der Waals surface area (Å²) in [5.41, 5.74) is -0.00296. The average Bonchev–Trinajstić information content (AvgIpc) is 3.15. The van der Waals surface area contributed by atoms with Gasteiger partial charge >= 0.3 is 5.97 Å². The molecule has 8 heteroatoms. The van der Waals surface area contributed by atoms with E-state index in [-0.39, 0.29) is 17.5 Å². The smallest absolute Gasteiger partial charge is 0.329 e. The molecule has 2 N–H and O–H groups in total. The molecule has 2 aromatic rings. The van der Waals surface area contributed by atoms with Crippen molar-refractivity contribution in [1.82, 2.24) is 5.32 Å². The monoisotopic (exact) mass is 392 g/mol. The summed E-state index contributed by atoms with van der Waals surface area (Å²) < 4.78 is 18.8. The fraction of sp³-hybridized carbons (Fsp3) is 0.316.